The van der Waals surface area contributed by atoms with Gasteiger partial charge in [0, 0.05) is 23.8 Å². The summed E-state index contributed by atoms with van der Waals surface area (Å²) in [6, 6.07) is 8.06. The maximum Gasteiger partial charge on any atom is 0.227 e. The summed E-state index contributed by atoms with van der Waals surface area (Å²) in [4.78, 5) is 11.9. The Labute approximate surface area is 133 Å². The molecular weight excluding hydrogens is 272 g/mol. The fraction of sp³-hybridized carbons (Fsp3) is 0.526. The number of benzene rings is 1. The summed E-state index contributed by atoms with van der Waals surface area (Å²) in [6.45, 7) is 0.986. The zero-order valence-electron chi connectivity index (χ0n) is 13.2. The second-order valence-corrected chi connectivity index (χ2v) is 6.48. The highest BCUT2D eigenvalue weighted by Gasteiger charge is 2.24. The van der Waals surface area contributed by atoms with Gasteiger partial charge in [0.2, 0.25) is 5.91 Å². The van der Waals surface area contributed by atoms with Crippen LogP contribution in [0.15, 0.2) is 35.9 Å². The molecule has 3 rings (SSSR count). The van der Waals surface area contributed by atoms with Gasteiger partial charge in [-0.2, -0.15) is 0 Å². The maximum atomic E-state index is 11.9. The summed E-state index contributed by atoms with van der Waals surface area (Å²) in [5, 5.41) is 6.47. The van der Waals surface area contributed by atoms with E-state index >= 15 is 0 Å². The van der Waals surface area contributed by atoms with Gasteiger partial charge >= 0.3 is 0 Å². The van der Waals surface area contributed by atoms with Crippen LogP contribution in [0.3, 0.4) is 0 Å². The van der Waals surface area contributed by atoms with Crippen molar-refractivity contribution in [3.05, 3.63) is 35.9 Å². The molecule has 22 heavy (non-hydrogen) atoms. The summed E-state index contributed by atoms with van der Waals surface area (Å²) >= 11 is 0. The first-order chi connectivity index (χ1) is 10.8. The summed E-state index contributed by atoms with van der Waals surface area (Å²) < 4.78 is 0. The van der Waals surface area contributed by atoms with Crippen molar-refractivity contribution in [2.24, 2.45) is 5.92 Å². The minimum atomic E-state index is 0.177. The van der Waals surface area contributed by atoms with Crippen molar-refractivity contribution in [1.82, 2.24) is 0 Å². The van der Waals surface area contributed by atoms with Crippen molar-refractivity contribution in [3.8, 4) is 0 Å². The SMILES string of the molecule is O=C(Nc1ccc(NCCC2=CCCCC2)cc1)C1CCC1. The van der Waals surface area contributed by atoms with E-state index in [1.54, 1.807) is 5.57 Å². The lowest BCUT2D eigenvalue weighted by Gasteiger charge is -2.24. The molecule has 0 aliphatic heterocycles. The highest BCUT2D eigenvalue weighted by atomic mass is 16.1. The van der Waals surface area contributed by atoms with E-state index < -0.39 is 0 Å². The van der Waals surface area contributed by atoms with Crippen molar-refractivity contribution >= 4 is 17.3 Å². The Bertz CT molecular complexity index is 529. The molecule has 1 aromatic carbocycles. The standard InChI is InChI=1S/C19H26N2O/c22-19(16-7-4-8-16)21-18-11-9-17(10-12-18)20-14-13-15-5-2-1-3-6-15/h5,9-12,16,20H,1-4,6-8,13-14H2,(H,21,22). The molecule has 2 aliphatic rings. The molecule has 118 valence electrons. The van der Waals surface area contributed by atoms with Crippen LogP contribution in [0, 0.1) is 5.92 Å². The largest absolute Gasteiger partial charge is 0.385 e. The second kappa shape index (κ2) is 7.48. The lowest BCUT2D eigenvalue weighted by Crippen LogP contribution is -2.27. The number of hydrogen-bond donors (Lipinski definition) is 2. The monoisotopic (exact) mass is 298 g/mol. The number of nitrogens with one attached hydrogen (secondary N) is 2. The minimum Gasteiger partial charge on any atom is -0.385 e. The molecule has 0 aromatic heterocycles. The second-order valence-electron chi connectivity index (χ2n) is 6.48. The first-order valence-electron chi connectivity index (χ1n) is 8.64. The zero-order chi connectivity index (χ0) is 15.2. The molecule has 1 amide bonds. The average molecular weight is 298 g/mol. The van der Waals surface area contributed by atoms with E-state index in [9.17, 15) is 4.79 Å². The number of rotatable bonds is 6. The molecule has 1 aromatic rings. The molecule has 0 heterocycles. The smallest absolute Gasteiger partial charge is 0.227 e. The number of carbonyl (C=O) groups excluding carboxylic acids is 1. The van der Waals surface area contributed by atoms with Crippen LogP contribution < -0.4 is 10.6 Å². The normalized spacial score (nSPS) is 18.3. The Kier molecular flexibility index (Phi) is 5.15. The predicted molar refractivity (Wildman–Crippen MR) is 92.1 cm³/mol. The molecule has 0 spiro atoms. The number of amides is 1. The Morgan fingerprint density at radius 2 is 1.82 bits per heavy atom. The molecule has 0 radical (unpaired) electrons. The fourth-order valence-corrected chi connectivity index (χ4v) is 3.09. The van der Waals surface area contributed by atoms with Crippen LogP contribution in [0.5, 0.6) is 0 Å². The van der Waals surface area contributed by atoms with Gasteiger partial charge in [-0.1, -0.05) is 18.1 Å². The average Bonchev–Trinajstić information content (AvgIpc) is 2.48. The van der Waals surface area contributed by atoms with Crippen LogP contribution in [0.1, 0.15) is 51.4 Å². The minimum absolute atomic E-state index is 0.177. The van der Waals surface area contributed by atoms with Gasteiger partial charge in [-0.15, -0.1) is 0 Å². The van der Waals surface area contributed by atoms with Crippen molar-refractivity contribution in [1.29, 1.82) is 0 Å². The van der Waals surface area contributed by atoms with E-state index in [0.29, 0.717) is 0 Å². The van der Waals surface area contributed by atoms with Gasteiger partial charge in [0.1, 0.15) is 0 Å². The van der Waals surface area contributed by atoms with Crippen molar-refractivity contribution < 1.29 is 4.79 Å². The van der Waals surface area contributed by atoms with Gasteiger partial charge in [0.05, 0.1) is 0 Å². The quantitative estimate of drug-likeness (QED) is 0.746. The molecular formula is C19H26N2O. The molecule has 1 saturated carbocycles. The first-order valence-corrected chi connectivity index (χ1v) is 8.64. The topological polar surface area (TPSA) is 41.1 Å². The van der Waals surface area contributed by atoms with E-state index in [1.807, 2.05) is 24.3 Å². The van der Waals surface area contributed by atoms with Gasteiger partial charge in [-0.05, 0) is 69.2 Å². The van der Waals surface area contributed by atoms with Gasteiger partial charge < -0.3 is 10.6 Å². The molecule has 2 aliphatic carbocycles. The van der Waals surface area contributed by atoms with E-state index in [4.69, 9.17) is 0 Å². The summed E-state index contributed by atoms with van der Waals surface area (Å²) in [5.74, 6) is 0.415. The highest BCUT2D eigenvalue weighted by molar-refractivity contribution is 5.93. The third-order valence-electron chi connectivity index (χ3n) is 4.79. The highest BCUT2D eigenvalue weighted by Crippen LogP contribution is 2.27. The van der Waals surface area contributed by atoms with Crippen LogP contribution in [-0.4, -0.2) is 12.5 Å². The molecule has 0 unspecified atom stereocenters. The van der Waals surface area contributed by atoms with Crippen LogP contribution >= 0.6 is 0 Å². The predicted octanol–water partition coefficient (Wildman–Crippen LogP) is 4.73. The van der Waals surface area contributed by atoms with Crippen molar-refractivity contribution in [3.63, 3.8) is 0 Å². The Morgan fingerprint density at radius 3 is 2.45 bits per heavy atom. The lowest BCUT2D eigenvalue weighted by atomic mass is 9.85. The molecule has 3 heteroatoms. The zero-order valence-corrected chi connectivity index (χ0v) is 13.2. The summed E-state index contributed by atoms with van der Waals surface area (Å²) in [7, 11) is 0. The van der Waals surface area contributed by atoms with Crippen LogP contribution in [-0.2, 0) is 4.79 Å². The number of allylic oxidation sites excluding steroid dienone is 1. The maximum absolute atomic E-state index is 11.9. The summed E-state index contributed by atoms with van der Waals surface area (Å²) in [5.41, 5.74) is 3.62. The van der Waals surface area contributed by atoms with Crippen LogP contribution in [0.4, 0.5) is 11.4 Å². The molecule has 1 fully saturated rings. The molecule has 2 N–H and O–H groups in total. The van der Waals surface area contributed by atoms with Gasteiger partial charge in [0.15, 0.2) is 0 Å². The molecule has 0 saturated heterocycles. The third kappa shape index (κ3) is 4.12. The van der Waals surface area contributed by atoms with Crippen molar-refractivity contribution in [2.45, 2.75) is 51.4 Å². The fourth-order valence-electron chi connectivity index (χ4n) is 3.09. The van der Waals surface area contributed by atoms with E-state index in [2.05, 4.69) is 16.7 Å². The van der Waals surface area contributed by atoms with Gasteiger partial charge in [-0.25, -0.2) is 0 Å². The van der Waals surface area contributed by atoms with E-state index in [-0.39, 0.29) is 11.8 Å². The Balaban J connectivity index is 1.42. The van der Waals surface area contributed by atoms with E-state index in [1.165, 1.54) is 32.1 Å². The number of carbonyl (C=O) groups is 1. The van der Waals surface area contributed by atoms with Gasteiger partial charge in [0.25, 0.3) is 0 Å². The first kappa shape index (κ1) is 15.1. The molecule has 0 atom stereocenters. The van der Waals surface area contributed by atoms with Crippen LogP contribution in [0.25, 0.3) is 0 Å². The molecule has 3 nitrogen and oxygen atoms in total. The van der Waals surface area contributed by atoms with Crippen molar-refractivity contribution in [2.75, 3.05) is 17.2 Å². The van der Waals surface area contributed by atoms with Crippen LogP contribution in [0.2, 0.25) is 0 Å². The summed E-state index contributed by atoms with van der Waals surface area (Å²) in [6.07, 6.45) is 12.1. The number of anilines is 2. The van der Waals surface area contributed by atoms with Gasteiger partial charge in [-0.3, -0.25) is 4.79 Å². The van der Waals surface area contributed by atoms with E-state index in [0.717, 1.165) is 37.2 Å². The molecule has 0 bridgehead atoms. The third-order valence-corrected chi connectivity index (χ3v) is 4.79. The Morgan fingerprint density at radius 1 is 1.05 bits per heavy atom. The Hall–Kier alpha value is -1.77. The number of hydrogen-bond acceptors (Lipinski definition) is 2. The lowest BCUT2D eigenvalue weighted by molar-refractivity contribution is -0.122.